The second-order valence-corrected chi connectivity index (χ2v) is 11.0. The van der Waals surface area contributed by atoms with Gasteiger partial charge < -0.3 is 9.88 Å². The van der Waals surface area contributed by atoms with E-state index in [9.17, 15) is 4.79 Å². The van der Waals surface area contributed by atoms with Crippen molar-refractivity contribution in [3.8, 4) is 11.4 Å². The predicted octanol–water partition coefficient (Wildman–Crippen LogP) is 6.17. The van der Waals surface area contributed by atoms with Gasteiger partial charge in [0, 0.05) is 12.6 Å². The maximum absolute atomic E-state index is 13.2. The Morgan fingerprint density at radius 1 is 0.857 bits per heavy atom. The van der Waals surface area contributed by atoms with E-state index in [4.69, 9.17) is 0 Å². The van der Waals surface area contributed by atoms with Gasteiger partial charge in [0.25, 0.3) is 0 Å². The first-order chi connectivity index (χ1) is 16.7. The van der Waals surface area contributed by atoms with E-state index in [1.54, 1.807) is 0 Å². The van der Waals surface area contributed by atoms with Crippen molar-refractivity contribution < 1.29 is 4.79 Å². The Morgan fingerprint density at radius 2 is 1.40 bits per heavy atom. The minimum Gasteiger partial charge on any atom is -0.344 e. The number of hydrogen-bond acceptors (Lipinski definition) is 4. The van der Waals surface area contributed by atoms with Crippen molar-refractivity contribution in [1.29, 1.82) is 0 Å². The lowest BCUT2D eigenvalue weighted by molar-refractivity contribution is -0.120. The van der Waals surface area contributed by atoms with Crippen molar-refractivity contribution in [2.24, 2.45) is 7.05 Å². The first-order valence-corrected chi connectivity index (χ1v) is 12.7. The van der Waals surface area contributed by atoms with Gasteiger partial charge in [-0.3, -0.25) is 4.79 Å². The van der Waals surface area contributed by atoms with Crippen LogP contribution in [-0.4, -0.2) is 25.9 Å². The Bertz CT molecular complexity index is 1220. The van der Waals surface area contributed by atoms with E-state index >= 15 is 0 Å². The third-order valence-corrected chi connectivity index (χ3v) is 7.18. The molecule has 3 aromatic carbocycles. The number of carbonyl (C=O) groups excluding carboxylic acids is 1. The lowest BCUT2D eigenvalue weighted by atomic mass is 9.87. The normalized spacial score (nSPS) is 12.5. The van der Waals surface area contributed by atoms with E-state index in [-0.39, 0.29) is 22.6 Å². The smallest absolute Gasteiger partial charge is 0.234 e. The first-order valence-electron chi connectivity index (χ1n) is 11.8. The standard InChI is InChI=1S/C29H32N4OS/c1-20(27(34)30-25(21-12-8-6-9-13-21)22-14-10-7-11-15-22)35-28-32-31-26(33(28)5)23-16-18-24(19-17-23)29(2,3)4/h6-20,25H,1-5H3,(H,30,34)/t20-/m1/s1. The molecule has 1 amide bonds. The van der Waals surface area contributed by atoms with Gasteiger partial charge >= 0.3 is 0 Å². The molecule has 1 aromatic heterocycles. The van der Waals surface area contributed by atoms with Gasteiger partial charge in [0.2, 0.25) is 5.91 Å². The van der Waals surface area contributed by atoms with E-state index in [1.807, 2.05) is 79.2 Å². The Balaban J connectivity index is 1.49. The summed E-state index contributed by atoms with van der Waals surface area (Å²) in [7, 11) is 1.94. The van der Waals surface area contributed by atoms with Gasteiger partial charge in [-0.2, -0.15) is 0 Å². The molecule has 0 aliphatic carbocycles. The van der Waals surface area contributed by atoms with Crippen molar-refractivity contribution in [2.75, 3.05) is 0 Å². The minimum absolute atomic E-state index is 0.0493. The molecular formula is C29H32N4OS. The number of thioether (sulfide) groups is 1. The number of amides is 1. The molecule has 4 aromatic rings. The second-order valence-electron chi connectivity index (χ2n) is 9.72. The van der Waals surface area contributed by atoms with Crippen LogP contribution in [-0.2, 0) is 17.3 Å². The van der Waals surface area contributed by atoms with Gasteiger partial charge in [0.05, 0.1) is 11.3 Å². The van der Waals surface area contributed by atoms with Gasteiger partial charge in [-0.05, 0) is 29.0 Å². The number of nitrogens with one attached hydrogen (secondary N) is 1. The average molecular weight is 485 g/mol. The highest BCUT2D eigenvalue weighted by Crippen LogP contribution is 2.29. The monoisotopic (exact) mass is 484 g/mol. The van der Waals surface area contributed by atoms with Crippen molar-refractivity contribution in [1.82, 2.24) is 20.1 Å². The number of carbonyl (C=O) groups is 1. The van der Waals surface area contributed by atoms with Crippen LogP contribution in [0.2, 0.25) is 0 Å². The van der Waals surface area contributed by atoms with E-state index in [2.05, 4.69) is 60.6 Å². The Kier molecular flexibility index (Phi) is 7.41. The maximum Gasteiger partial charge on any atom is 0.234 e. The number of aromatic nitrogens is 3. The Labute approximate surface area is 212 Å². The van der Waals surface area contributed by atoms with Crippen LogP contribution in [0.4, 0.5) is 0 Å². The molecule has 35 heavy (non-hydrogen) atoms. The van der Waals surface area contributed by atoms with E-state index in [0.717, 1.165) is 22.5 Å². The van der Waals surface area contributed by atoms with Crippen LogP contribution in [0.1, 0.15) is 50.4 Å². The van der Waals surface area contributed by atoms with Crippen LogP contribution in [0.15, 0.2) is 90.1 Å². The van der Waals surface area contributed by atoms with Crippen molar-refractivity contribution in [2.45, 2.75) is 49.6 Å². The van der Waals surface area contributed by atoms with Gasteiger partial charge in [-0.1, -0.05) is 117 Å². The molecule has 180 valence electrons. The predicted molar refractivity (Wildman–Crippen MR) is 143 cm³/mol. The van der Waals surface area contributed by atoms with Crippen LogP contribution >= 0.6 is 11.8 Å². The molecule has 1 atom stereocenters. The van der Waals surface area contributed by atoms with Crippen molar-refractivity contribution >= 4 is 17.7 Å². The molecule has 0 fully saturated rings. The lowest BCUT2D eigenvalue weighted by Gasteiger charge is -2.22. The van der Waals surface area contributed by atoms with Crippen LogP contribution < -0.4 is 5.32 Å². The fraction of sp³-hybridized carbons (Fsp3) is 0.276. The number of benzene rings is 3. The van der Waals surface area contributed by atoms with Crippen molar-refractivity contribution in [3.05, 3.63) is 102 Å². The highest BCUT2D eigenvalue weighted by molar-refractivity contribution is 8.00. The number of hydrogen-bond donors (Lipinski definition) is 1. The quantitative estimate of drug-likeness (QED) is 0.319. The van der Waals surface area contributed by atoms with Gasteiger partial charge in [-0.15, -0.1) is 10.2 Å². The fourth-order valence-corrected chi connectivity index (χ4v) is 4.73. The molecule has 0 saturated carbocycles. The zero-order valence-corrected chi connectivity index (χ0v) is 21.7. The topological polar surface area (TPSA) is 59.8 Å². The molecule has 0 unspecified atom stereocenters. The second kappa shape index (κ2) is 10.5. The molecule has 0 saturated heterocycles. The van der Waals surface area contributed by atoms with Gasteiger partial charge in [0.15, 0.2) is 11.0 Å². The van der Waals surface area contributed by atoms with E-state index in [1.165, 1.54) is 17.3 Å². The summed E-state index contributed by atoms with van der Waals surface area (Å²) in [5.41, 5.74) is 4.47. The molecule has 1 heterocycles. The molecule has 0 spiro atoms. The summed E-state index contributed by atoms with van der Waals surface area (Å²) < 4.78 is 1.95. The average Bonchev–Trinajstić information content (AvgIpc) is 3.22. The van der Waals surface area contributed by atoms with Crippen LogP contribution in [0.3, 0.4) is 0 Å². The highest BCUT2D eigenvalue weighted by Gasteiger charge is 2.23. The SMILES string of the molecule is C[C@@H](Sc1nnc(-c2ccc(C(C)(C)C)cc2)n1C)C(=O)NC(c1ccccc1)c1ccccc1. The van der Waals surface area contributed by atoms with Crippen LogP contribution in [0, 0.1) is 0 Å². The first kappa shape index (κ1) is 24.7. The van der Waals surface area contributed by atoms with E-state index in [0.29, 0.717) is 5.16 Å². The highest BCUT2D eigenvalue weighted by atomic mass is 32.2. The molecule has 6 heteroatoms. The van der Waals surface area contributed by atoms with Crippen LogP contribution in [0.5, 0.6) is 0 Å². The molecule has 1 N–H and O–H groups in total. The summed E-state index contributed by atoms with van der Waals surface area (Å²) in [5, 5.41) is 12.4. The Morgan fingerprint density at radius 3 is 1.91 bits per heavy atom. The molecule has 0 aliphatic heterocycles. The molecule has 5 nitrogen and oxygen atoms in total. The Hall–Kier alpha value is -3.38. The summed E-state index contributed by atoms with van der Waals surface area (Å²) in [5.74, 6) is 0.735. The lowest BCUT2D eigenvalue weighted by Crippen LogP contribution is -2.35. The summed E-state index contributed by atoms with van der Waals surface area (Å²) in [6.45, 7) is 8.50. The fourth-order valence-electron chi connectivity index (χ4n) is 3.91. The number of rotatable bonds is 7. The molecular weight excluding hydrogens is 452 g/mol. The van der Waals surface area contributed by atoms with Crippen LogP contribution in [0.25, 0.3) is 11.4 Å². The minimum atomic E-state index is -0.344. The molecule has 0 radical (unpaired) electrons. The third-order valence-electron chi connectivity index (χ3n) is 6.05. The summed E-state index contributed by atoms with van der Waals surface area (Å²) >= 11 is 1.41. The molecule has 4 rings (SSSR count). The summed E-state index contributed by atoms with van der Waals surface area (Å²) in [4.78, 5) is 13.2. The van der Waals surface area contributed by atoms with Crippen molar-refractivity contribution in [3.63, 3.8) is 0 Å². The van der Waals surface area contributed by atoms with Gasteiger partial charge in [-0.25, -0.2) is 0 Å². The maximum atomic E-state index is 13.2. The summed E-state index contributed by atoms with van der Waals surface area (Å²) in [6.07, 6.45) is 0. The van der Waals surface area contributed by atoms with E-state index < -0.39 is 0 Å². The zero-order chi connectivity index (χ0) is 25.0. The van der Waals surface area contributed by atoms with Gasteiger partial charge in [0.1, 0.15) is 0 Å². The summed E-state index contributed by atoms with van der Waals surface area (Å²) in [6, 6.07) is 28.3. The molecule has 0 bridgehead atoms. The largest absolute Gasteiger partial charge is 0.344 e. The third kappa shape index (κ3) is 5.82. The zero-order valence-electron chi connectivity index (χ0n) is 20.9. The number of nitrogens with zero attached hydrogens (tertiary/aromatic N) is 3. The molecule has 0 aliphatic rings.